The highest BCUT2D eigenvalue weighted by atomic mass is 19.1. The third-order valence-electron chi connectivity index (χ3n) is 6.09. The molecule has 3 N–H and O–H groups in total. The van der Waals surface area contributed by atoms with Crippen molar-refractivity contribution in [3.8, 4) is 11.4 Å². The number of aromatic nitrogens is 3. The van der Waals surface area contributed by atoms with Crippen LogP contribution in [0.25, 0.3) is 22.3 Å². The average molecular weight is 418 g/mol. The highest BCUT2D eigenvalue weighted by Gasteiger charge is 2.46. The molecule has 2 atom stereocenters. The molecule has 1 aromatic carbocycles. The van der Waals surface area contributed by atoms with Crippen LogP contribution in [-0.4, -0.2) is 32.1 Å². The molecule has 0 amide bonds. The van der Waals surface area contributed by atoms with Crippen LogP contribution in [0.3, 0.4) is 0 Å². The molecule has 0 aliphatic heterocycles. The van der Waals surface area contributed by atoms with E-state index in [0.29, 0.717) is 24.8 Å². The molecule has 1 aliphatic rings. The number of nitrogens with one attached hydrogen (secondary N) is 2. The van der Waals surface area contributed by atoms with Crippen molar-refractivity contribution in [2.24, 2.45) is 5.41 Å². The van der Waals surface area contributed by atoms with Crippen LogP contribution in [0, 0.1) is 22.9 Å². The van der Waals surface area contributed by atoms with Gasteiger partial charge in [-0.05, 0) is 25.3 Å². The number of hydrogen-bond donors (Lipinski definition) is 3. The van der Waals surface area contributed by atoms with E-state index >= 15 is 0 Å². The first kappa shape index (κ1) is 20.2. The van der Waals surface area contributed by atoms with E-state index in [1.807, 2.05) is 6.92 Å². The number of fused-ring (bicyclic) bond motifs is 1. The number of carbonyl (C=O) groups is 1. The number of anilines is 1. The molecule has 0 unspecified atom stereocenters. The normalized spacial score (nSPS) is 21.7. The van der Waals surface area contributed by atoms with Gasteiger partial charge < -0.3 is 15.4 Å². The minimum atomic E-state index is -1.01. The van der Waals surface area contributed by atoms with Crippen molar-refractivity contribution >= 4 is 22.7 Å². The predicted octanol–water partition coefficient (Wildman–Crippen LogP) is 4.88. The summed E-state index contributed by atoms with van der Waals surface area (Å²) < 4.78 is 42.2. The summed E-state index contributed by atoms with van der Waals surface area (Å²) in [5, 5.41) is 13.1. The topological polar surface area (TPSA) is 90.9 Å². The zero-order valence-corrected chi connectivity index (χ0v) is 16.3. The number of aromatic amines is 1. The molecule has 1 aliphatic carbocycles. The van der Waals surface area contributed by atoms with E-state index in [0.717, 1.165) is 31.2 Å². The smallest absolute Gasteiger partial charge is 0.311 e. The van der Waals surface area contributed by atoms with Gasteiger partial charge in [-0.1, -0.05) is 19.8 Å². The third kappa shape index (κ3) is 3.28. The molecular formula is C21H21F3N4O2. The van der Waals surface area contributed by atoms with Crippen LogP contribution in [0.5, 0.6) is 0 Å². The standard InChI is InChI=1S/C21H21F3N4O2/c1-2-21(20(29)30)6-4-3-5-16(21)27-19-15(24)10-26-18(28-19)13-9-25-17-12(13)7-11(22)8-14(17)23/h7-10,16,25H,2-6H2,1H3,(H,29,30)(H,26,27,28)/t16-,21-/m0/s1. The molecule has 2 aromatic heterocycles. The fourth-order valence-corrected chi connectivity index (χ4v) is 4.38. The third-order valence-corrected chi connectivity index (χ3v) is 6.09. The van der Waals surface area contributed by atoms with Crippen LogP contribution in [0.1, 0.15) is 39.0 Å². The summed E-state index contributed by atoms with van der Waals surface area (Å²) in [7, 11) is 0. The number of carboxylic acids is 1. The average Bonchev–Trinajstić information content (AvgIpc) is 3.14. The number of hydrogen-bond acceptors (Lipinski definition) is 4. The molecule has 158 valence electrons. The first-order valence-corrected chi connectivity index (χ1v) is 9.84. The van der Waals surface area contributed by atoms with Crippen LogP contribution in [0.15, 0.2) is 24.5 Å². The van der Waals surface area contributed by atoms with Crippen molar-refractivity contribution in [2.75, 3.05) is 5.32 Å². The van der Waals surface area contributed by atoms with Crippen molar-refractivity contribution in [3.05, 3.63) is 42.0 Å². The maximum absolute atomic E-state index is 14.5. The van der Waals surface area contributed by atoms with Crippen LogP contribution < -0.4 is 5.32 Å². The number of H-pyrrole nitrogens is 1. The molecule has 1 saturated carbocycles. The molecule has 9 heteroatoms. The summed E-state index contributed by atoms with van der Waals surface area (Å²) >= 11 is 0. The lowest BCUT2D eigenvalue weighted by Crippen LogP contribution is -2.48. The van der Waals surface area contributed by atoms with Gasteiger partial charge in [0, 0.05) is 29.3 Å². The second-order valence-corrected chi connectivity index (χ2v) is 7.66. The molecule has 0 bridgehead atoms. The van der Waals surface area contributed by atoms with Crippen molar-refractivity contribution in [3.63, 3.8) is 0 Å². The summed E-state index contributed by atoms with van der Waals surface area (Å²) in [6, 6.07) is 1.42. The lowest BCUT2D eigenvalue weighted by molar-refractivity contribution is -0.152. The molecule has 0 spiro atoms. The molecule has 4 rings (SSSR count). The molecule has 3 aromatic rings. The zero-order chi connectivity index (χ0) is 21.5. The van der Waals surface area contributed by atoms with E-state index in [4.69, 9.17) is 0 Å². The van der Waals surface area contributed by atoms with Crippen LogP contribution in [-0.2, 0) is 4.79 Å². The summed E-state index contributed by atoms with van der Waals surface area (Å²) in [5.74, 6) is -3.21. The van der Waals surface area contributed by atoms with E-state index in [9.17, 15) is 23.1 Å². The molecule has 0 radical (unpaired) electrons. The summed E-state index contributed by atoms with van der Waals surface area (Å²) in [4.78, 5) is 22.9. The SMILES string of the molecule is CC[C@]1(C(=O)O)CCCC[C@@H]1Nc1nc(-c2c[nH]c3c(F)cc(F)cc23)ncc1F. The Morgan fingerprint density at radius 3 is 2.83 bits per heavy atom. The highest BCUT2D eigenvalue weighted by Crippen LogP contribution is 2.41. The van der Waals surface area contributed by atoms with Crippen LogP contribution >= 0.6 is 0 Å². The van der Waals surface area contributed by atoms with E-state index in [2.05, 4.69) is 20.3 Å². The zero-order valence-electron chi connectivity index (χ0n) is 16.3. The van der Waals surface area contributed by atoms with Crippen molar-refractivity contribution in [1.29, 1.82) is 0 Å². The number of aliphatic carboxylic acids is 1. The number of rotatable bonds is 5. The van der Waals surface area contributed by atoms with Crippen molar-refractivity contribution < 1.29 is 23.1 Å². The van der Waals surface area contributed by atoms with E-state index in [1.54, 1.807) is 0 Å². The van der Waals surface area contributed by atoms with Gasteiger partial charge >= 0.3 is 5.97 Å². The molecule has 6 nitrogen and oxygen atoms in total. The molecule has 30 heavy (non-hydrogen) atoms. The number of nitrogens with zero attached hydrogens (tertiary/aromatic N) is 2. The fourth-order valence-electron chi connectivity index (χ4n) is 4.38. The quantitative estimate of drug-likeness (QED) is 0.550. The predicted molar refractivity (Wildman–Crippen MR) is 105 cm³/mol. The molecule has 2 heterocycles. The highest BCUT2D eigenvalue weighted by molar-refractivity contribution is 5.94. The molecule has 0 saturated heterocycles. The minimum Gasteiger partial charge on any atom is -0.481 e. The van der Waals surface area contributed by atoms with Gasteiger partial charge in [0.15, 0.2) is 17.5 Å². The van der Waals surface area contributed by atoms with Gasteiger partial charge in [-0.15, -0.1) is 0 Å². The number of carboxylic acid groups (broad SMARTS) is 1. The van der Waals surface area contributed by atoms with Crippen molar-refractivity contribution in [2.45, 2.75) is 45.1 Å². The van der Waals surface area contributed by atoms with Gasteiger partial charge in [-0.2, -0.15) is 0 Å². The maximum atomic E-state index is 14.5. The van der Waals surface area contributed by atoms with E-state index < -0.39 is 34.9 Å². The molecule has 1 fully saturated rings. The summed E-state index contributed by atoms with van der Waals surface area (Å²) in [6.45, 7) is 1.81. The van der Waals surface area contributed by atoms with Crippen LogP contribution in [0.4, 0.5) is 19.0 Å². The van der Waals surface area contributed by atoms with Crippen molar-refractivity contribution in [1.82, 2.24) is 15.0 Å². The lowest BCUT2D eigenvalue weighted by atomic mass is 9.68. The largest absolute Gasteiger partial charge is 0.481 e. The Balaban J connectivity index is 1.74. The first-order valence-electron chi connectivity index (χ1n) is 9.84. The second kappa shape index (κ2) is 7.62. The Hall–Kier alpha value is -3.10. The lowest BCUT2D eigenvalue weighted by Gasteiger charge is -2.40. The van der Waals surface area contributed by atoms with Gasteiger partial charge in [0.25, 0.3) is 0 Å². The number of halogens is 3. The van der Waals surface area contributed by atoms with Gasteiger partial charge in [0.1, 0.15) is 11.6 Å². The Morgan fingerprint density at radius 2 is 2.10 bits per heavy atom. The Kier molecular flexibility index (Phi) is 5.13. The van der Waals surface area contributed by atoms with Gasteiger partial charge in [-0.3, -0.25) is 4.79 Å². The summed E-state index contributed by atoms with van der Waals surface area (Å²) in [6.07, 6.45) is 5.49. The van der Waals surface area contributed by atoms with Gasteiger partial charge in [0.05, 0.1) is 17.1 Å². The second-order valence-electron chi connectivity index (χ2n) is 7.66. The fraction of sp³-hybridized carbons (Fsp3) is 0.381. The maximum Gasteiger partial charge on any atom is 0.311 e. The number of benzene rings is 1. The Morgan fingerprint density at radius 1 is 1.30 bits per heavy atom. The minimum absolute atomic E-state index is 0.0726. The Labute approximate surface area is 170 Å². The summed E-state index contributed by atoms with van der Waals surface area (Å²) in [5.41, 5.74) is -0.602. The molecular weight excluding hydrogens is 397 g/mol. The first-order chi connectivity index (χ1) is 14.4. The van der Waals surface area contributed by atoms with E-state index in [1.165, 1.54) is 6.20 Å². The van der Waals surface area contributed by atoms with Crippen LogP contribution in [0.2, 0.25) is 0 Å². The van der Waals surface area contributed by atoms with Gasteiger partial charge in [-0.25, -0.2) is 23.1 Å². The van der Waals surface area contributed by atoms with Gasteiger partial charge in [0.2, 0.25) is 0 Å². The Bertz CT molecular complexity index is 1120. The monoisotopic (exact) mass is 418 g/mol. The van der Waals surface area contributed by atoms with E-state index in [-0.39, 0.29) is 22.5 Å².